The first-order valence-electron chi connectivity index (χ1n) is 6.85. The number of imidazole rings is 1. The van der Waals surface area contributed by atoms with E-state index in [1.54, 1.807) is 0 Å². The fourth-order valence-corrected chi connectivity index (χ4v) is 2.29. The van der Waals surface area contributed by atoms with E-state index in [0.29, 0.717) is 26.2 Å². The molecule has 1 aromatic heterocycles. The lowest BCUT2D eigenvalue weighted by Crippen LogP contribution is -2.51. The maximum Gasteiger partial charge on any atom is 0.239 e. The van der Waals surface area contributed by atoms with E-state index in [9.17, 15) is 4.79 Å². The largest absolute Gasteiger partial charge is 0.378 e. The highest BCUT2D eigenvalue weighted by Gasteiger charge is 2.20. The molecule has 1 unspecified atom stereocenters. The Labute approximate surface area is 141 Å². The second-order valence-corrected chi connectivity index (χ2v) is 4.82. The van der Waals surface area contributed by atoms with Gasteiger partial charge in [0.25, 0.3) is 0 Å². The number of ether oxygens (including phenoxy) is 1. The number of aromatic nitrogens is 2. The van der Waals surface area contributed by atoms with Gasteiger partial charge in [0.1, 0.15) is 11.9 Å². The van der Waals surface area contributed by atoms with Crippen LogP contribution in [-0.2, 0) is 16.0 Å². The third-order valence-corrected chi connectivity index (χ3v) is 3.34. The van der Waals surface area contributed by atoms with Crippen molar-refractivity contribution in [2.45, 2.75) is 12.5 Å². The average molecular weight is 347 g/mol. The minimum absolute atomic E-state index is 0. The molecule has 0 aliphatic carbocycles. The van der Waals surface area contributed by atoms with Crippen LogP contribution in [0.4, 0.5) is 0 Å². The number of morpholine rings is 1. The van der Waals surface area contributed by atoms with E-state index >= 15 is 0 Å². The van der Waals surface area contributed by atoms with Gasteiger partial charge in [-0.2, -0.15) is 0 Å². The van der Waals surface area contributed by atoms with Crippen LogP contribution in [0.2, 0.25) is 0 Å². The fraction of sp³-hybridized carbons (Fsp3) is 0.429. The summed E-state index contributed by atoms with van der Waals surface area (Å²) in [6.07, 6.45) is 0.688. The van der Waals surface area contributed by atoms with Crippen LogP contribution >= 0.6 is 24.8 Å². The van der Waals surface area contributed by atoms with Crippen molar-refractivity contribution < 1.29 is 9.53 Å². The lowest BCUT2D eigenvalue weighted by molar-refractivity contribution is -0.125. The molecule has 8 heteroatoms. The predicted octanol–water partition coefficient (Wildman–Crippen LogP) is 1.05. The molecule has 0 bridgehead atoms. The summed E-state index contributed by atoms with van der Waals surface area (Å²) in [5.74, 6) is 0.875. The average Bonchev–Trinajstić information content (AvgIpc) is 2.90. The van der Waals surface area contributed by atoms with Crippen LogP contribution in [0.15, 0.2) is 24.3 Å². The second-order valence-electron chi connectivity index (χ2n) is 4.82. The van der Waals surface area contributed by atoms with Crippen molar-refractivity contribution in [3.05, 3.63) is 30.1 Å². The van der Waals surface area contributed by atoms with Crippen molar-refractivity contribution >= 4 is 41.8 Å². The molecule has 2 aromatic rings. The van der Waals surface area contributed by atoms with E-state index in [-0.39, 0.29) is 36.8 Å². The molecule has 1 amide bonds. The van der Waals surface area contributed by atoms with Gasteiger partial charge < -0.3 is 20.4 Å². The van der Waals surface area contributed by atoms with Crippen LogP contribution in [0.25, 0.3) is 11.0 Å². The molecule has 1 aliphatic rings. The molecule has 3 N–H and O–H groups in total. The van der Waals surface area contributed by atoms with Crippen LogP contribution in [0.5, 0.6) is 0 Å². The van der Waals surface area contributed by atoms with Crippen LogP contribution in [0.1, 0.15) is 5.82 Å². The highest BCUT2D eigenvalue weighted by molar-refractivity contribution is 5.85. The lowest BCUT2D eigenvalue weighted by Gasteiger charge is -2.22. The van der Waals surface area contributed by atoms with E-state index in [4.69, 9.17) is 4.74 Å². The summed E-state index contributed by atoms with van der Waals surface area (Å²) in [7, 11) is 0. The Morgan fingerprint density at radius 2 is 2.18 bits per heavy atom. The molecule has 0 saturated carbocycles. The normalized spacial score (nSPS) is 17.4. The number of halogens is 2. The Morgan fingerprint density at radius 1 is 1.36 bits per heavy atom. The Kier molecular flexibility index (Phi) is 7.61. The number of nitrogens with one attached hydrogen (secondary N) is 3. The number of aromatic amines is 1. The number of hydrogen-bond donors (Lipinski definition) is 3. The van der Waals surface area contributed by atoms with E-state index in [2.05, 4.69) is 20.6 Å². The smallest absolute Gasteiger partial charge is 0.239 e. The monoisotopic (exact) mass is 346 g/mol. The summed E-state index contributed by atoms with van der Waals surface area (Å²) >= 11 is 0. The molecule has 3 rings (SSSR count). The number of fused-ring (bicyclic) bond motifs is 1. The zero-order chi connectivity index (χ0) is 13.8. The summed E-state index contributed by atoms with van der Waals surface area (Å²) in [5.41, 5.74) is 1.98. The number of benzene rings is 1. The Morgan fingerprint density at radius 3 is 2.91 bits per heavy atom. The summed E-state index contributed by atoms with van der Waals surface area (Å²) in [4.78, 5) is 19.6. The van der Waals surface area contributed by atoms with E-state index < -0.39 is 0 Å². The summed E-state index contributed by atoms with van der Waals surface area (Å²) in [6.45, 7) is 2.40. The lowest BCUT2D eigenvalue weighted by atomic mass is 10.2. The number of amides is 1. The first kappa shape index (κ1) is 18.7. The molecule has 122 valence electrons. The van der Waals surface area contributed by atoms with Crippen LogP contribution in [0, 0.1) is 0 Å². The summed E-state index contributed by atoms with van der Waals surface area (Å²) in [5, 5.41) is 6.03. The van der Waals surface area contributed by atoms with Gasteiger partial charge in [-0.25, -0.2) is 4.98 Å². The highest BCUT2D eigenvalue weighted by Crippen LogP contribution is 2.10. The van der Waals surface area contributed by atoms with Crippen molar-refractivity contribution in [1.29, 1.82) is 0 Å². The Bertz CT molecular complexity index is 566. The standard InChI is InChI=1S/C14H18N4O2.2ClH/c19-14(12-9-20-8-7-15-12)16-6-5-13-17-10-3-1-2-4-11(10)18-13;;/h1-4,12,15H,5-9H2,(H,16,19)(H,17,18);2*1H. The van der Waals surface area contributed by atoms with Crippen molar-refractivity contribution in [1.82, 2.24) is 20.6 Å². The number of para-hydroxylation sites is 2. The van der Waals surface area contributed by atoms with Gasteiger partial charge >= 0.3 is 0 Å². The van der Waals surface area contributed by atoms with Crippen LogP contribution in [0.3, 0.4) is 0 Å². The van der Waals surface area contributed by atoms with Gasteiger partial charge in [0, 0.05) is 19.5 Å². The van der Waals surface area contributed by atoms with E-state index in [1.165, 1.54) is 0 Å². The summed E-state index contributed by atoms with van der Waals surface area (Å²) < 4.78 is 5.27. The third-order valence-electron chi connectivity index (χ3n) is 3.34. The van der Waals surface area contributed by atoms with Crippen molar-refractivity contribution in [2.24, 2.45) is 0 Å². The number of carbonyl (C=O) groups is 1. The van der Waals surface area contributed by atoms with Crippen molar-refractivity contribution in [3.8, 4) is 0 Å². The zero-order valence-electron chi connectivity index (χ0n) is 12.0. The molecule has 6 nitrogen and oxygen atoms in total. The molecule has 0 spiro atoms. The van der Waals surface area contributed by atoms with Gasteiger partial charge in [0.05, 0.1) is 24.2 Å². The molecule has 0 radical (unpaired) electrons. The first-order valence-corrected chi connectivity index (χ1v) is 6.85. The summed E-state index contributed by atoms with van der Waals surface area (Å²) in [6, 6.07) is 7.66. The minimum Gasteiger partial charge on any atom is -0.378 e. The molecule has 1 fully saturated rings. The number of carbonyl (C=O) groups excluding carboxylic acids is 1. The zero-order valence-corrected chi connectivity index (χ0v) is 13.6. The molecule has 2 heterocycles. The van der Waals surface area contributed by atoms with Gasteiger partial charge in [-0.3, -0.25) is 4.79 Å². The highest BCUT2D eigenvalue weighted by atomic mass is 35.5. The van der Waals surface area contributed by atoms with Gasteiger partial charge in [-0.15, -0.1) is 24.8 Å². The van der Waals surface area contributed by atoms with Crippen LogP contribution < -0.4 is 10.6 Å². The molecule has 22 heavy (non-hydrogen) atoms. The number of nitrogens with zero attached hydrogens (tertiary/aromatic N) is 1. The SMILES string of the molecule is Cl.Cl.O=C(NCCc1nc2ccccc2[nH]1)C1COCCN1. The van der Waals surface area contributed by atoms with Gasteiger partial charge in [-0.05, 0) is 12.1 Å². The van der Waals surface area contributed by atoms with Crippen molar-refractivity contribution in [2.75, 3.05) is 26.3 Å². The fourth-order valence-electron chi connectivity index (χ4n) is 2.29. The van der Waals surface area contributed by atoms with Gasteiger partial charge in [-0.1, -0.05) is 12.1 Å². The number of H-pyrrole nitrogens is 1. The maximum atomic E-state index is 11.9. The quantitative estimate of drug-likeness (QED) is 0.773. The molecule has 1 atom stereocenters. The first-order chi connectivity index (χ1) is 9.83. The molecule has 1 aromatic carbocycles. The van der Waals surface area contributed by atoms with E-state index in [1.807, 2.05) is 24.3 Å². The maximum absolute atomic E-state index is 11.9. The second kappa shape index (κ2) is 8.95. The van der Waals surface area contributed by atoms with Gasteiger partial charge in [0.15, 0.2) is 0 Å². The topological polar surface area (TPSA) is 79.0 Å². The van der Waals surface area contributed by atoms with Crippen molar-refractivity contribution in [3.63, 3.8) is 0 Å². The Balaban J connectivity index is 0.00000121. The molecular weight excluding hydrogens is 327 g/mol. The molecule has 1 aliphatic heterocycles. The third kappa shape index (κ3) is 4.58. The molecule has 1 saturated heterocycles. The minimum atomic E-state index is -0.237. The Hall–Kier alpha value is -1.34. The molecular formula is C14H20Cl2N4O2. The van der Waals surface area contributed by atoms with E-state index in [0.717, 1.165) is 23.4 Å². The van der Waals surface area contributed by atoms with Gasteiger partial charge in [0.2, 0.25) is 5.91 Å². The number of rotatable bonds is 4. The number of hydrogen-bond acceptors (Lipinski definition) is 4. The predicted molar refractivity (Wildman–Crippen MR) is 89.9 cm³/mol. The van der Waals surface area contributed by atoms with Crippen LogP contribution in [-0.4, -0.2) is 48.2 Å².